The van der Waals surface area contributed by atoms with E-state index in [1.54, 1.807) is 17.2 Å². The van der Waals surface area contributed by atoms with Gasteiger partial charge in [-0.25, -0.2) is 4.39 Å². The number of amides is 1. The molecule has 2 aromatic rings. The number of aryl methyl sites for hydroxylation is 1. The van der Waals surface area contributed by atoms with Gasteiger partial charge in [0.05, 0.1) is 11.2 Å². The number of nitrogens with one attached hydrogen (secondary N) is 1. The Morgan fingerprint density at radius 2 is 1.76 bits per heavy atom. The zero-order valence-corrected chi connectivity index (χ0v) is 17.0. The van der Waals surface area contributed by atoms with Crippen molar-refractivity contribution in [1.82, 2.24) is 14.8 Å². The molecule has 6 nitrogen and oxygen atoms in total. The molecule has 1 aromatic heterocycles. The van der Waals surface area contributed by atoms with Crippen molar-refractivity contribution < 1.29 is 9.18 Å². The molecule has 0 radical (unpaired) electrons. The number of aromatic nitrogens is 1. The predicted octanol–water partition coefficient (Wildman–Crippen LogP) is 2.59. The Hall–Kier alpha value is -2.41. The number of likely N-dealkylation sites (tertiary alicyclic amines) is 1. The lowest BCUT2D eigenvalue weighted by atomic mass is 10.1. The van der Waals surface area contributed by atoms with E-state index in [1.807, 2.05) is 16.4 Å². The molecule has 0 aliphatic carbocycles. The topological polar surface area (TPSA) is 57.6 Å². The number of benzene rings is 1. The summed E-state index contributed by atoms with van der Waals surface area (Å²) in [5.74, 6) is -0.633. The van der Waals surface area contributed by atoms with Gasteiger partial charge < -0.3 is 19.7 Å². The standard InChI is InChI=1S/C22H29FN4O2/c1-2-25-15-17(22(29)27-9-5-3-4-6-10-27)21(28)16-13-18(23)20(14-19(16)25)26-11-7-24-8-12-26/h13-15,24H,2-12H2,1H3. The van der Waals surface area contributed by atoms with Gasteiger partial charge in [-0.3, -0.25) is 9.59 Å². The Bertz CT molecular complexity index is 957. The second kappa shape index (κ2) is 8.53. The fourth-order valence-electron chi connectivity index (χ4n) is 4.41. The van der Waals surface area contributed by atoms with Crippen molar-refractivity contribution in [1.29, 1.82) is 0 Å². The van der Waals surface area contributed by atoms with Crippen molar-refractivity contribution in [2.45, 2.75) is 39.2 Å². The van der Waals surface area contributed by atoms with Gasteiger partial charge in [-0.15, -0.1) is 0 Å². The van der Waals surface area contributed by atoms with Gasteiger partial charge in [-0.2, -0.15) is 0 Å². The van der Waals surface area contributed by atoms with E-state index in [-0.39, 0.29) is 22.3 Å². The highest BCUT2D eigenvalue weighted by molar-refractivity contribution is 5.98. The highest BCUT2D eigenvalue weighted by Crippen LogP contribution is 2.26. The average Bonchev–Trinajstić information content (AvgIpc) is 3.04. The molecule has 0 spiro atoms. The quantitative estimate of drug-likeness (QED) is 0.861. The molecule has 0 saturated carbocycles. The second-order valence-corrected chi connectivity index (χ2v) is 7.92. The summed E-state index contributed by atoms with van der Waals surface area (Å²) < 4.78 is 16.9. The van der Waals surface area contributed by atoms with E-state index in [9.17, 15) is 14.0 Å². The molecule has 4 rings (SSSR count). The van der Waals surface area contributed by atoms with Crippen LogP contribution in [-0.4, -0.2) is 54.6 Å². The summed E-state index contributed by atoms with van der Waals surface area (Å²) in [4.78, 5) is 30.0. The first-order valence-corrected chi connectivity index (χ1v) is 10.7. The minimum atomic E-state index is -0.404. The van der Waals surface area contributed by atoms with Crippen LogP contribution in [0.1, 0.15) is 43.0 Å². The van der Waals surface area contributed by atoms with Crippen molar-refractivity contribution in [2.24, 2.45) is 0 Å². The van der Waals surface area contributed by atoms with Gasteiger partial charge in [0.2, 0.25) is 5.43 Å². The number of hydrogen-bond donors (Lipinski definition) is 1. The van der Waals surface area contributed by atoms with Gasteiger partial charge in [0.15, 0.2) is 0 Å². The summed E-state index contributed by atoms with van der Waals surface area (Å²) in [5, 5.41) is 3.55. The smallest absolute Gasteiger partial charge is 0.259 e. The molecular formula is C22H29FN4O2. The molecule has 0 unspecified atom stereocenters. The van der Waals surface area contributed by atoms with Crippen LogP contribution in [0.25, 0.3) is 10.9 Å². The molecule has 2 aliphatic heterocycles. The van der Waals surface area contributed by atoms with Gasteiger partial charge in [-0.1, -0.05) is 12.8 Å². The molecule has 2 saturated heterocycles. The Kier molecular flexibility index (Phi) is 5.85. The van der Waals surface area contributed by atoms with Crippen molar-refractivity contribution in [2.75, 3.05) is 44.2 Å². The zero-order chi connectivity index (χ0) is 20.4. The summed E-state index contributed by atoms with van der Waals surface area (Å²) in [7, 11) is 0. The molecule has 2 fully saturated rings. The Morgan fingerprint density at radius 3 is 2.41 bits per heavy atom. The van der Waals surface area contributed by atoms with Crippen LogP contribution in [0, 0.1) is 5.82 Å². The highest BCUT2D eigenvalue weighted by atomic mass is 19.1. The van der Waals surface area contributed by atoms with Crippen LogP contribution < -0.4 is 15.6 Å². The molecule has 2 aliphatic rings. The largest absolute Gasteiger partial charge is 0.367 e. The second-order valence-electron chi connectivity index (χ2n) is 7.92. The molecule has 0 bridgehead atoms. The molecule has 0 atom stereocenters. The maximum absolute atomic E-state index is 15.0. The summed E-state index contributed by atoms with van der Waals surface area (Å²) in [6.45, 7) is 7.00. The van der Waals surface area contributed by atoms with E-state index >= 15 is 0 Å². The van der Waals surface area contributed by atoms with Crippen molar-refractivity contribution in [3.05, 3.63) is 39.9 Å². The third-order valence-electron chi connectivity index (χ3n) is 6.07. The first-order valence-electron chi connectivity index (χ1n) is 10.7. The predicted molar refractivity (Wildman–Crippen MR) is 113 cm³/mol. The monoisotopic (exact) mass is 400 g/mol. The van der Waals surface area contributed by atoms with Crippen LogP contribution in [0.4, 0.5) is 10.1 Å². The summed E-state index contributed by atoms with van der Waals surface area (Å²) in [6.07, 6.45) is 5.81. The van der Waals surface area contributed by atoms with E-state index in [4.69, 9.17) is 0 Å². The minimum Gasteiger partial charge on any atom is -0.367 e. The minimum absolute atomic E-state index is 0.149. The Morgan fingerprint density at radius 1 is 1.07 bits per heavy atom. The Labute approximate surface area is 170 Å². The zero-order valence-electron chi connectivity index (χ0n) is 17.0. The number of rotatable bonds is 3. The lowest BCUT2D eigenvalue weighted by Crippen LogP contribution is -2.44. The van der Waals surface area contributed by atoms with E-state index in [1.165, 1.54) is 6.07 Å². The van der Waals surface area contributed by atoms with Crippen LogP contribution in [-0.2, 0) is 6.54 Å². The van der Waals surface area contributed by atoms with Gasteiger partial charge in [0.25, 0.3) is 5.91 Å². The molecular weight excluding hydrogens is 371 g/mol. The van der Waals surface area contributed by atoms with Crippen LogP contribution in [0.3, 0.4) is 0 Å². The molecule has 1 N–H and O–H groups in total. The van der Waals surface area contributed by atoms with Gasteiger partial charge in [0, 0.05) is 57.4 Å². The number of carbonyl (C=O) groups is 1. The lowest BCUT2D eigenvalue weighted by molar-refractivity contribution is 0.0759. The number of carbonyl (C=O) groups excluding carboxylic acids is 1. The fourth-order valence-corrected chi connectivity index (χ4v) is 4.41. The van der Waals surface area contributed by atoms with Gasteiger partial charge >= 0.3 is 0 Å². The number of nitrogens with zero attached hydrogens (tertiary/aromatic N) is 3. The number of piperazine rings is 1. The van der Waals surface area contributed by atoms with E-state index in [2.05, 4.69) is 5.32 Å². The molecule has 1 amide bonds. The first kappa shape index (κ1) is 19.9. The molecule has 1 aromatic carbocycles. The summed E-state index contributed by atoms with van der Waals surface area (Å²) in [5.41, 5.74) is 0.979. The number of fused-ring (bicyclic) bond motifs is 1. The van der Waals surface area contributed by atoms with E-state index in [0.717, 1.165) is 51.9 Å². The number of pyridine rings is 1. The SMILES string of the molecule is CCn1cc(C(=O)N2CCCCCC2)c(=O)c2cc(F)c(N3CCNCC3)cc21. The lowest BCUT2D eigenvalue weighted by Gasteiger charge is -2.30. The molecule has 7 heteroatoms. The van der Waals surface area contributed by atoms with Crippen molar-refractivity contribution >= 4 is 22.5 Å². The Balaban J connectivity index is 1.79. The first-order chi connectivity index (χ1) is 14.1. The summed E-state index contributed by atoms with van der Waals surface area (Å²) >= 11 is 0. The maximum atomic E-state index is 15.0. The highest BCUT2D eigenvalue weighted by Gasteiger charge is 2.23. The number of hydrogen-bond acceptors (Lipinski definition) is 4. The van der Waals surface area contributed by atoms with Crippen LogP contribution in [0.2, 0.25) is 0 Å². The van der Waals surface area contributed by atoms with E-state index in [0.29, 0.717) is 30.8 Å². The van der Waals surface area contributed by atoms with Crippen molar-refractivity contribution in [3.8, 4) is 0 Å². The normalized spacial score (nSPS) is 18.1. The molecule has 3 heterocycles. The number of halogens is 1. The van der Waals surface area contributed by atoms with E-state index < -0.39 is 5.82 Å². The maximum Gasteiger partial charge on any atom is 0.259 e. The third kappa shape index (κ3) is 3.88. The molecule has 156 valence electrons. The van der Waals surface area contributed by atoms with Crippen LogP contribution in [0.5, 0.6) is 0 Å². The fraction of sp³-hybridized carbons (Fsp3) is 0.545. The summed E-state index contributed by atoms with van der Waals surface area (Å²) in [6, 6.07) is 3.08. The van der Waals surface area contributed by atoms with Crippen molar-refractivity contribution in [3.63, 3.8) is 0 Å². The average molecular weight is 400 g/mol. The number of anilines is 1. The van der Waals surface area contributed by atoms with Gasteiger partial charge in [0.1, 0.15) is 11.4 Å². The van der Waals surface area contributed by atoms with Gasteiger partial charge in [-0.05, 0) is 31.9 Å². The van der Waals surface area contributed by atoms with Crippen LogP contribution >= 0.6 is 0 Å². The molecule has 29 heavy (non-hydrogen) atoms. The van der Waals surface area contributed by atoms with Crippen LogP contribution in [0.15, 0.2) is 23.1 Å². The third-order valence-corrected chi connectivity index (χ3v) is 6.07.